The lowest BCUT2D eigenvalue weighted by Crippen LogP contribution is -2.41. The third-order valence-corrected chi connectivity index (χ3v) is 4.78. The number of carbonyl (C=O) groups is 1. The topological polar surface area (TPSA) is 88.6 Å². The van der Waals surface area contributed by atoms with Crippen molar-refractivity contribution in [2.45, 2.75) is 52.2 Å². The molecule has 0 N–H and O–H groups in total. The maximum atomic E-state index is 12.1. The van der Waals surface area contributed by atoms with Crippen LogP contribution in [-0.4, -0.2) is 41.3 Å². The van der Waals surface area contributed by atoms with Crippen LogP contribution in [0.15, 0.2) is 22.7 Å². The van der Waals surface area contributed by atoms with Crippen molar-refractivity contribution in [3.05, 3.63) is 29.8 Å². The number of fused-ring (bicyclic) bond motifs is 1. The minimum atomic E-state index is -0.456. The van der Waals surface area contributed by atoms with Crippen molar-refractivity contribution in [3.63, 3.8) is 0 Å². The van der Waals surface area contributed by atoms with Gasteiger partial charge in [-0.2, -0.15) is 5.26 Å². The fourth-order valence-corrected chi connectivity index (χ4v) is 3.33. The van der Waals surface area contributed by atoms with E-state index in [1.807, 2.05) is 26.8 Å². The molecule has 3 heterocycles. The number of pyridine rings is 1. The molecule has 0 aromatic carbocycles. The highest BCUT2D eigenvalue weighted by Gasteiger charge is 2.26. The number of carbonyl (C=O) groups excluding carboxylic acids is 1. The molecule has 1 saturated heterocycles. The smallest absolute Gasteiger partial charge is 0.410 e. The van der Waals surface area contributed by atoms with Crippen LogP contribution < -0.4 is 0 Å². The van der Waals surface area contributed by atoms with Gasteiger partial charge in [0.2, 0.25) is 0 Å². The summed E-state index contributed by atoms with van der Waals surface area (Å²) >= 11 is 0. The van der Waals surface area contributed by atoms with E-state index in [1.165, 1.54) is 0 Å². The van der Waals surface area contributed by atoms with E-state index in [-0.39, 0.29) is 6.09 Å². The van der Waals surface area contributed by atoms with Gasteiger partial charge in [-0.05, 0) is 58.1 Å². The van der Waals surface area contributed by atoms with Gasteiger partial charge in [0.25, 0.3) is 0 Å². The zero-order chi connectivity index (χ0) is 20.1. The van der Waals surface area contributed by atoms with Gasteiger partial charge < -0.3 is 18.8 Å². The fraction of sp³-hybridized carbons (Fsp3) is 0.571. The summed E-state index contributed by atoms with van der Waals surface area (Å²) < 4.78 is 16.9. The average molecular weight is 385 g/mol. The van der Waals surface area contributed by atoms with Gasteiger partial charge in [-0.25, -0.2) is 9.78 Å². The van der Waals surface area contributed by atoms with E-state index >= 15 is 0 Å². The predicted molar refractivity (Wildman–Crippen MR) is 104 cm³/mol. The molecule has 0 saturated carbocycles. The summed E-state index contributed by atoms with van der Waals surface area (Å²) in [6, 6.07) is 5.64. The quantitative estimate of drug-likeness (QED) is 0.715. The van der Waals surface area contributed by atoms with Crippen molar-refractivity contribution in [1.82, 2.24) is 9.88 Å². The molecular formula is C21H27N3O4. The lowest BCUT2D eigenvalue weighted by atomic mass is 9.94. The standard InChI is InChI=1S/C21H27N3O4/c1-21(2,3)28-20(25)24-9-5-15(6-10-24)7-11-26-14-16-12-17-18(13-22)23-8-4-19(17)27-16/h4,8,12,15H,5-7,9-11,14H2,1-3H3. The molecular weight excluding hydrogens is 358 g/mol. The molecule has 0 spiro atoms. The van der Waals surface area contributed by atoms with Crippen molar-refractivity contribution >= 4 is 17.1 Å². The number of hydrogen-bond donors (Lipinski definition) is 0. The summed E-state index contributed by atoms with van der Waals surface area (Å²) in [5.74, 6) is 1.24. The van der Waals surface area contributed by atoms with E-state index in [9.17, 15) is 4.79 Å². The number of nitrogens with zero attached hydrogens (tertiary/aromatic N) is 3. The van der Waals surface area contributed by atoms with Gasteiger partial charge in [0.15, 0.2) is 5.69 Å². The van der Waals surface area contributed by atoms with Crippen LogP contribution in [0.3, 0.4) is 0 Å². The Bertz CT molecular complexity index is 855. The van der Waals surface area contributed by atoms with Crippen molar-refractivity contribution in [2.75, 3.05) is 19.7 Å². The molecule has 28 heavy (non-hydrogen) atoms. The maximum absolute atomic E-state index is 12.1. The van der Waals surface area contributed by atoms with Gasteiger partial charge in [-0.3, -0.25) is 0 Å². The Hall–Kier alpha value is -2.59. The molecule has 150 valence electrons. The number of aromatic nitrogens is 1. The summed E-state index contributed by atoms with van der Waals surface area (Å²) in [5, 5.41) is 9.81. The summed E-state index contributed by atoms with van der Waals surface area (Å²) in [6.45, 7) is 8.12. The van der Waals surface area contributed by atoms with Crippen molar-refractivity contribution in [2.24, 2.45) is 5.92 Å². The van der Waals surface area contributed by atoms with Gasteiger partial charge in [0.1, 0.15) is 29.6 Å². The van der Waals surface area contributed by atoms with E-state index in [0.717, 1.165) is 37.7 Å². The summed E-state index contributed by atoms with van der Waals surface area (Å²) in [6.07, 6.45) is 4.22. The Morgan fingerprint density at radius 1 is 1.39 bits per heavy atom. The highest BCUT2D eigenvalue weighted by Crippen LogP contribution is 2.24. The molecule has 1 aliphatic rings. The Morgan fingerprint density at radius 3 is 2.82 bits per heavy atom. The van der Waals surface area contributed by atoms with Crippen LogP contribution in [-0.2, 0) is 16.1 Å². The Kier molecular flexibility index (Phi) is 6.20. The second-order valence-electron chi connectivity index (χ2n) is 8.15. The second kappa shape index (κ2) is 8.61. The number of ether oxygens (including phenoxy) is 2. The summed E-state index contributed by atoms with van der Waals surface area (Å²) in [4.78, 5) is 17.9. The molecule has 0 bridgehead atoms. The van der Waals surface area contributed by atoms with Gasteiger partial charge in [0, 0.05) is 25.9 Å². The van der Waals surface area contributed by atoms with Crippen molar-refractivity contribution in [1.29, 1.82) is 5.26 Å². The molecule has 1 fully saturated rings. The lowest BCUT2D eigenvalue weighted by Gasteiger charge is -2.33. The molecule has 1 aliphatic heterocycles. The minimum Gasteiger partial charge on any atom is -0.458 e. The highest BCUT2D eigenvalue weighted by molar-refractivity contribution is 5.82. The van der Waals surface area contributed by atoms with E-state index in [4.69, 9.17) is 19.2 Å². The number of amides is 1. The summed E-state index contributed by atoms with van der Waals surface area (Å²) in [7, 11) is 0. The van der Waals surface area contributed by atoms with E-state index < -0.39 is 5.60 Å². The molecule has 7 nitrogen and oxygen atoms in total. The monoisotopic (exact) mass is 385 g/mol. The third kappa shape index (κ3) is 5.23. The Morgan fingerprint density at radius 2 is 2.14 bits per heavy atom. The number of piperidine rings is 1. The number of likely N-dealkylation sites (tertiary alicyclic amines) is 1. The van der Waals surface area contributed by atoms with Crippen molar-refractivity contribution < 1.29 is 18.7 Å². The number of rotatable bonds is 5. The minimum absolute atomic E-state index is 0.224. The molecule has 0 unspecified atom stereocenters. The fourth-order valence-electron chi connectivity index (χ4n) is 3.33. The number of hydrogen-bond acceptors (Lipinski definition) is 6. The zero-order valence-corrected chi connectivity index (χ0v) is 16.7. The Labute approximate surface area is 165 Å². The Balaban J connectivity index is 1.39. The van der Waals surface area contributed by atoms with E-state index in [0.29, 0.717) is 36.2 Å². The van der Waals surface area contributed by atoms with Crippen LogP contribution in [0.5, 0.6) is 0 Å². The van der Waals surface area contributed by atoms with Gasteiger partial charge in [0.05, 0.1) is 5.39 Å². The molecule has 7 heteroatoms. The maximum Gasteiger partial charge on any atom is 0.410 e. The first kappa shape index (κ1) is 20.2. The van der Waals surface area contributed by atoms with Crippen LogP contribution in [0, 0.1) is 17.2 Å². The van der Waals surface area contributed by atoms with E-state index in [1.54, 1.807) is 17.2 Å². The van der Waals surface area contributed by atoms with Crippen LogP contribution in [0.1, 0.15) is 51.5 Å². The molecule has 2 aromatic heterocycles. The molecule has 0 atom stereocenters. The first-order valence-corrected chi connectivity index (χ1v) is 9.69. The van der Waals surface area contributed by atoms with Crippen LogP contribution in [0.2, 0.25) is 0 Å². The van der Waals surface area contributed by atoms with Crippen LogP contribution in [0.25, 0.3) is 11.0 Å². The third-order valence-electron chi connectivity index (χ3n) is 4.78. The molecule has 3 rings (SSSR count). The molecule has 0 aliphatic carbocycles. The average Bonchev–Trinajstić information content (AvgIpc) is 3.07. The first-order chi connectivity index (χ1) is 13.4. The van der Waals surface area contributed by atoms with Gasteiger partial charge in [-0.15, -0.1) is 0 Å². The normalized spacial score (nSPS) is 15.6. The van der Waals surface area contributed by atoms with E-state index in [2.05, 4.69) is 11.1 Å². The predicted octanol–water partition coefficient (Wildman–Crippen LogP) is 4.25. The lowest BCUT2D eigenvalue weighted by molar-refractivity contribution is 0.0162. The number of furan rings is 1. The van der Waals surface area contributed by atoms with Crippen molar-refractivity contribution in [3.8, 4) is 6.07 Å². The molecule has 2 aromatic rings. The molecule has 1 amide bonds. The summed E-state index contributed by atoms with van der Waals surface area (Å²) in [5.41, 5.74) is 0.562. The zero-order valence-electron chi connectivity index (χ0n) is 16.7. The van der Waals surface area contributed by atoms with Crippen LogP contribution >= 0.6 is 0 Å². The number of nitriles is 1. The van der Waals surface area contributed by atoms with Crippen LogP contribution in [0.4, 0.5) is 4.79 Å². The highest BCUT2D eigenvalue weighted by atomic mass is 16.6. The van der Waals surface area contributed by atoms with Gasteiger partial charge >= 0.3 is 6.09 Å². The first-order valence-electron chi connectivity index (χ1n) is 9.69. The largest absolute Gasteiger partial charge is 0.458 e. The second-order valence-corrected chi connectivity index (χ2v) is 8.15. The van der Waals surface area contributed by atoms with Gasteiger partial charge in [-0.1, -0.05) is 0 Å². The SMILES string of the molecule is CC(C)(C)OC(=O)N1CCC(CCOCc2cc3c(C#N)nccc3o2)CC1. The molecule has 0 radical (unpaired) electrons.